The summed E-state index contributed by atoms with van der Waals surface area (Å²) in [5.74, 6) is -10.2. The second kappa shape index (κ2) is 8.53. The van der Waals surface area contributed by atoms with Crippen LogP contribution in [0.3, 0.4) is 0 Å². The summed E-state index contributed by atoms with van der Waals surface area (Å²) in [6.45, 7) is 1.65. The number of benzene rings is 1. The number of carbonyl (C=O) groups excluding carboxylic acids is 3. The van der Waals surface area contributed by atoms with Crippen molar-refractivity contribution >= 4 is 23.5 Å². The number of aromatic hydroxyl groups is 1. The average molecular weight is 498 g/mol. The van der Waals surface area contributed by atoms with Gasteiger partial charge in [0.05, 0.1) is 23.8 Å². The van der Waals surface area contributed by atoms with Gasteiger partial charge in [0.2, 0.25) is 5.91 Å². The number of nitriles is 1. The number of phenolic OH excluding ortho intramolecular Hbond substituents is 1. The van der Waals surface area contributed by atoms with Crippen molar-refractivity contribution in [2.24, 2.45) is 23.5 Å². The molecule has 0 spiro atoms. The maximum absolute atomic E-state index is 13.7. The summed E-state index contributed by atoms with van der Waals surface area (Å²) in [5, 5.41) is 65.1. The van der Waals surface area contributed by atoms with E-state index in [4.69, 9.17) is 11.0 Å². The van der Waals surface area contributed by atoms with Gasteiger partial charge in [-0.25, -0.2) is 0 Å². The fourth-order valence-corrected chi connectivity index (χ4v) is 6.25. The molecule has 3 aliphatic rings. The molecule has 11 nitrogen and oxygen atoms in total. The molecule has 0 saturated heterocycles. The number of aliphatic hydroxyl groups is 4. The van der Waals surface area contributed by atoms with Crippen LogP contribution in [0, 0.1) is 29.1 Å². The summed E-state index contributed by atoms with van der Waals surface area (Å²) in [5.41, 5.74) is 2.29. The molecule has 0 radical (unpaired) electrons. The number of likely N-dealkylation sites (N-methyl/N-ethyl adjacent to an activating group) is 1. The molecule has 4 rings (SSSR count). The van der Waals surface area contributed by atoms with Gasteiger partial charge in [-0.3, -0.25) is 14.4 Å². The second-order valence-electron chi connectivity index (χ2n) is 9.81. The van der Waals surface area contributed by atoms with Gasteiger partial charge in [-0.2, -0.15) is 5.26 Å². The van der Waals surface area contributed by atoms with Gasteiger partial charge >= 0.3 is 0 Å². The molecule has 7 N–H and O–H groups in total. The number of hydrogen-bond acceptors (Lipinski definition) is 10. The number of nitrogens with zero attached hydrogens (tertiary/aromatic N) is 2. The number of rotatable bonds is 3. The van der Waals surface area contributed by atoms with Crippen LogP contribution in [0.5, 0.6) is 5.75 Å². The number of ketones is 2. The summed E-state index contributed by atoms with van der Waals surface area (Å²) in [6.07, 6.45) is -0.918. The minimum absolute atomic E-state index is 0.153. The van der Waals surface area contributed by atoms with Gasteiger partial charge in [0, 0.05) is 35.1 Å². The van der Waals surface area contributed by atoms with E-state index < -0.39 is 82.1 Å². The molecule has 1 amide bonds. The zero-order valence-electron chi connectivity index (χ0n) is 19.8. The van der Waals surface area contributed by atoms with E-state index in [0.29, 0.717) is 5.56 Å². The van der Waals surface area contributed by atoms with Gasteiger partial charge in [0.25, 0.3) is 0 Å². The minimum Gasteiger partial charge on any atom is -0.508 e. The molecule has 8 atom stereocenters. The van der Waals surface area contributed by atoms with Crippen LogP contribution < -0.4 is 5.73 Å². The highest BCUT2D eigenvalue weighted by Crippen LogP contribution is 2.55. The van der Waals surface area contributed by atoms with Gasteiger partial charge < -0.3 is 36.2 Å². The van der Waals surface area contributed by atoms with E-state index in [1.54, 1.807) is 19.1 Å². The van der Waals surface area contributed by atoms with Gasteiger partial charge in [0.1, 0.15) is 17.4 Å². The predicted molar refractivity (Wildman–Crippen MR) is 124 cm³/mol. The normalized spacial score (nSPS) is 35.9. The van der Waals surface area contributed by atoms with E-state index in [1.165, 1.54) is 31.1 Å². The van der Waals surface area contributed by atoms with E-state index in [-0.39, 0.29) is 11.1 Å². The Hall–Kier alpha value is -3.56. The molecule has 1 aromatic rings. The fraction of sp³-hybridized carbons (Fsp3) is 0.440. The summed E-state index contributed by atoms with van der Waals surface area (Å²) in [6, 6.07) is 3.64. The van der Waals surface area contributed by atoms with Gasteiger partial charge in [0.15, 0.2) is 17.2 Å². The first kappa shape index (κ1) is 25.5. The Balaban J connectivity index is 2.01. The molecule has 2 unspecified atom stereocenters. The number of fused-ring (bicyclic) bond motifs is 3. The van der Waals surface area contributed by atoms with Crippen LogP contribution in [0.1, 0.15) is 34.3 Å². The van der Waals surface area contributed by atoms with Crippen molar-refractivity contribution in [3.63, 3.8) is 0 Å². The van der Waals surface area contributed by atoms with Crippen molar-refractivity contribution in [1.29, 1.82) is 5.26 Å². The highest BCUT2D eigenvalue weighted by atomic mass is 16.4. The standard InChI is InChI=1S/C25H27N3O8/c1-9-11-7-6-10(5-4-8-26)18(29)13(11)19(30)14-12(9)20(31)16-17(28(2)3)21(32)15(24(27)35)23(34)25(16,36)22(14)33/h4-7,9,12,15-17,20-21,29,31-33,36H,1-3H3,(H2,27,35)/b5-4+/t9-,12+,15?,16+,17-,20-,21?,25-/m0/s1. The predicted octanol–water partition coefficient (Wildman–Crippen LogP) is -0.646. The number of carbonyl (C=O) groups is 3. The Morgan fingerprint density at radius 3 is 2.39 bits per heavy atom. The number of amides is 1. The van der Waals surface area contributed by atoms with Crippen molar-refractivity contribution in [3.8, 4) is 11.8 Å². The SMILES string of the molecule is C[C@H]1c2ccc(/C=C/C#N)c(O)c2C(=O)C2=C(O)[C@]3(O)C(=O)C(C(N)=O)C(O)[C@@H](N(C)C)[C@@H]3[C@@H](O)[C@@H]21. The Morgan fingerprint density at radius 1 is 1.19 bits per heavy atom. The topological polar surface area (TPSA) is 205 Å². The smallest absolute Gasteiger partial charge is 0.230 e. The lowest BCUT2D eigenvalue weighted by atomic mass is 9.53. The second-order valence-corrected chi connectivity index (χ2v) is 9.81. The monoisotopic (exact) mass is 497 g/mol. The Kier molecular flexibility index (Phi) is 6.05. The number of Topliss-reactive ketones (excluding diaryl/α,β-unsaturated/α-hetero) is 2. The third-order valence-corrected chi connectivity index (χ3v) is 7.87. The fourth-order valence-electron chi connectivity index (χ4n) is 6.25. The highest BCUT2D eigenvalue weighted by molar-refractivity contribution is 6.16. The van der Waals surface area contributed by atoms with E-state index in [9.17, 15) is 39.9 Å². The van der Waals surface area contributed by atoms with Crippen LogP contribution in [0.2, 0.25) is 0 Å². The third-order valence-electron chi connectivity index (χ3n) is 7.87. The number of nitrogens with two attached hydrogens (primary N) is 1. The molecule has 0 aliphatic heterocycles. The van der Waals surface area contributed by atoms with Crippen LogP contribution in [0.25, 0.3) is 6.08 Å². The number of primary amides is 1. The summed E-state index contributed by atoms with van der Waals surface area (Å²) >= 11 is 0. The third kappa shape index (κ3) is 3.16. The molecule has 11 heteroatoms. The van der Waals surface area contributed by atoms with Gasteiger partial charge in [-0.05, 0) is 31.7 Å². The minimum atomic E-state index is -2.90. The molecule has 3 aliphatic carbocycles. The zero-order valence-corrected chi connectivity index (χ0v) is 19.8. The molecular formula is C25H27N3O8. The van der Waals surface area contributed by atoms with Crippen LogP contribution >= 0.6 is 0 Å². The summed E-state index contributed by atoms with van der Waals surface area (Å²) in [7, 11) is 3.01. The first-order chi connectivity index (χ1) is 16.8. The molecule has 36 heavy (non-hydrogen) atoms. The average Bonchev–Trinajstić information content (AvgIpc) is 2.80. The number of aliphatic hydroxyl groups excluding tert-OH is 3. The zero-order chi connectivity index (χ0) is 26.9. The Morgan fingerprint density at radius 2 is 1.83 bits per heavy atom. The molecule has 0 bridgehead atoms. The molecule has 0 aromatic heterocycles. The number of hydrogen-bond donors (Lipinski definition) is 6. The van der Waals surface area contributed by atoms with E-state index in [2.05, 4.69) is 0 Å². The molecular weight excluding hydrogens is 470 g/mol. The largest absolute Gasteiger partial charge is 0.508 e. The van der Waals surface area contributed by atoms with Crippen LogP contribution in [-0.4, -0.2) is 85.9 Å². The first-order valence-corrected chi connectivity index (χ1v) is 11.3. The maximum Gasteiger partial charge on any atom is 0.230 e. The van der Waals surface area contributed by atoms with Crippen molar-refractivity contribution in [1.82, 2.24) is 4.90 Å². The lowest BCUT2D eigenvalue weighted by Gasteiger charge is -2.56. The van der Waals surface area contributed by atoms with Crippen LogP contribution in [-0.2, 0) is 9.59 Å². The van der Waals surface area contributed by atoms with Crippen molar-refractivity contribution < 1.29 is 39.9 Å². The Labute approximate surface area is 206 Å². The lowest BCUT2D eigenvalue weighted by Crippen LogP contribution is -2.74. The van der Waals surface area contributed by atoms with Crippen molar-refractivity contribution in [2.45, 2.75) is 36.7 Å². The maximum atomic E-state index is 13.7. The Bertz CT molecular complexity index is 1280. The van der Waals surface area contributed by atoms with Crippen molar-refractivity contribution in [3.05, 3.63) is 46.2 Å². The number of phenols is 1. The molecule has 1 saturated carbocycles. The quantitative estimate of drug-likeness (QED) is 0.230. The van der Waals surface area contributed by atoms with Crippen molar-refractivity contribution in [2.75, 3.05) is 14.1 Å². The molecule has 190 valence electrons. The highest BCUT2D eigenvalue weighted by Gasteiger charge is 2.69. The summed E-state index contributed by atoms with van der Waals surface area (Å²) in [4.78, 5) is 40.5. The van der Waals surface area contributed by atoms with Gasteiger partial charge in [-0.1, -0.05) is 19.1 Å². The van der Waals surface area contributed by atoms with Crippen LogP contribution in [0.4, 0.5) is 0 Å². The molecule has 0 heterocycles. The van der Waals surface area contributed by atoms with Crippen LogP contribution in [0.15, 0.2) is 29.5 Å². The molecule has 1 aromatic carbocycles. The summed E-state index contributed by atoms with van der Waals surface area (Å²) < 4.78 is 0. The van der Waals surface area contributed by atoms with E-state index >= 15 is 0 Å². The van der Waals surface area contributed by atoms with Gasteiger partial charge in [-0.15, -0.1) is 0 Å². The number of allylic oxidation sites excluding steroid dienone is 1. The van der Waals surface area contributed by atoms with E-state index in [0.717, 1.165) is 6.08 Å². The lowest BCUT2D eigenvalue weighted by molar-refractivity contribution is -0.194. The molecule has 1 fully saturated rings. The van der Waals surface area contributed by atoms with E-state index in [1.807, 2.05) is 0 Å². The first-order valence-electron chi connectivity index (χ1n) is 11.3.